The standard InChI is InChI=1S/C5HBN2O2S/c6-4-3(1-7)2-11-5(4)8(9)10/h2H. The molecule has 0 spiro atoms. The van der Waals surface area contributed by atoms with Crippen molar-refractivity contribution in [2.75, 3.05) is 0 Å². The van der Waals surface area contributed by atoms with Crippen LogP contribution in [0, 0.1) is 21.4 Å². The summed E-state index contributed by atoms with van der Waals surface area (Å²) in [4.78, 5) is 9.58. The average molecular weight is 164 g/mol. The topological polar surface area (TPSA) is 66.9 Å². The van der Waals surface area contributed by atoms with E-state index in [0.717, 1.165) is 11.3 Å². The van der Waals surface area contributed by atoms with Gasteiger partial charge >= 0.3 is 5.00 Å². The molecule has 0 aromatic carbocycles. The molecule has 0 aliphatic rings. The summed E-state index contributed by atoms with van der Waals surface area (Å²) in [7, 11) is 5.26. The number of hydrogen-bond acceptors (Lipinski definition) is 4. The van der Waals surface area contributed by atoms with E-state index in [0.29, 0.717) is 0 Å². The Bertz CT molecular complexity index is 341. The van der Waals surface area contributed by atoms with E-state index in [1.165, 1.54) is 5.38 Å². The maximum atomic E-state index is 10.2. The minimum atomic E-state index is -0.596. The van der Waals surface area contributed by atoms with Gasteiger partial charge in [-0.3, -0.25) is 10.1 Å². The van der Waals surface area contributed by atoms with E-state index >= 15 is 0 Å². The zero-order chi connectivity index (χ0) is 8.43. The molecule has 6 heteroatoms. The molecule has 0 saturated carbocycles. The maximum absolute atomic E-state index is 10.2. The van der Waals surface area contributed by atoms with Crippen LogP contribution in [-0.4, -0.2) is 12.8 Å². The average Bonchev–Trinajstić information content (AvgIpc) is 2.30. The third-order valence-corrected chi connectivity index (χ3v) is 2.04. The van der Waals surface area contributed by atoms with E-state index in [9.17, 15) is 10.1 Å². The summed E-state index contributed by atoms with van der Waals surface area (Å²) in [5.74, 6) is 0. The predicted molar refractivity (Wildman–Crippen MR) is 41.1 cm³/mol. The number of nitrogens with zero attached hydrogens (tertiary/aromatic N) is 2. The van der Waals surface area contributed by atoms with Crippen LogP contribution in [0.4, 0.5) is 5.00 Å². The quantitative estimate of drug-likeness (QED) is 0.341. The summed E-state index contributed by atoms with van der Waals surface area (Å²) in [5.41, 5.74) is 0.129. The SMILES string of the molecule is [B]c1c(C#N)csc1[N+](=O)[O-]. The van der Waals surface area contributed by atoms with Gasteiger partial charge in [-0.25, -0.2) is 0 Å². The molecule has 0 atom stereocenters. The van der Waals surface area contributed by atoms with Crippen LogP contribution in [0.2, 0.25) is 0 Å². The van der Waals surface area contributed by atoms with Gasteiger partial charge in [-0.1, -0.05) is 11.3 Å². The van der Waals surface area contributed by atoms with Crippen molar-refractivity contribution >= 4 is 29.6 Å². The highest BCUT2D eigenvalue weighted by atomic mass is 32.1. The van der Waals surface area contributed by atoms with Crippen molar-refractivity contribution < 1.29 is 4.92 Å². The number of nitro groups is 1. The van der Waals surface area contributed by atoms with E-state index in [4.69, 9.17) is 13.1 Å². The van der Waals surface area contributed by atoms with Crippen molar-refractivity contribution in [3.63, 3.8) is 0 Å². The Morgan fingerprint density at radius 3 is 2.73 bits per heavy atom. The molecule has 0 bridgehead atoms. The smallest absolute Gasteiger partial charge is 0.258 e. The first-order chi connectivity index (χ1) is 5.16. The first-order valence-corrected chi connectivity index (χ1v) is 3.46. The highest BCUT2D eigenvalue weighted by Crippen LogP contribution is 2.17. The Kier molecular flexibility index (Phi) is 1.92. The van der Waals surface area contributed by atoms with Crippen LogP contribution in [0.25, 0.3) is 0 Å². The summed E-state index contributed by atoms with van der Waals surface area (Å²) in [6, 6.07) is 1.75. The van der Waals surface area contributed by atoms with E-state index < -0.39 is 4.92 Å². The van der Waals surface area contributed by atoms with Gasteiger partial charge < -0.3 is 0 Å². The summed E-state index contributed by atoms with van der Waals surface area (Å²) >= 11 is 0.862. The zero-order valence-corrected chi connectivity index (χ0v) is 6.09. The lowest BCUT2D eigenvalue weighted by Crippen LogP contribution is -2.07. The molecule has 0 N–H and O–H groups in total. The molecule has 1 aromatic rings. The lowest BCUT2D eigenvalue weighted by molar-refractivity contribution is -0.379. The number of rotatable bonds is 1. The number of thiophene rings is 1. The van der Waals surface area contributed by atoms with Crippen LogP contribution >= 0.6 is 11.3 Å². The molecule has 0 saturated heterocycles. The van der Waals surface area contributed by atoms with Crippen molar-refractivity contribution in [1.82, 2.24) is 0 Å². The van der Waals surface area contributed by atoms with Crippen LogP contribution < -0.4 is 5.46 Å². The van der Waals surface area contributed by atoms with E-state index in [1.807, 2.05) is 0 Å². The molecule has 0 unspecified atom stereocenters. The Labute approximate surface area is 67.6 Å². The molecular weight excluding hydrogens is 163 g/mol. The van der Waals surface area contributed by atoms with Crippen molar-refractivity contribution in [3.8, 4) is 6.07 Å². The normalized spacial score (nSPS) is 9.00. The fourth-order valence-corrected chi connectivity index (χ4v) is 1.32. The van der Waals surface area contributed by atoms with Gasteiger partial charge in [0.2, 0.25) is 0 Å². The van der Waals surface area contributed by atoms with Crippen LogP contribution in [0.5, 0.6) is 0 Å². The van der Waals surface area contributed by atoms with Crippen LogP contribution in [0.1, 0.15) is 5.56 Å². The van der Waals surface area contributed by atoms with Gasteiger partial charge in [0.1, 0.15) is 7.85 Å². The van der Waals surface area contributed by atoms with E-state index in [2.05, 4.69) is 0 Å². The summed E-state index contributed by atoms with van der Waals surface area (Å²) < 4.78 is 0. The first kappa shape index (κ1) is 7.76. The summed E-state index contributed by atoms with van der Waals surface area (Å²) in [6.07, 6.45) is 0. The fraction of sp³-hybridized carbons (Fsp3) is 0. The second-order valence-corrected chi connectivity index (χ2v) is 2.60. The molecule has 2 radical (unpaired) electrons. The van der Waals surface area contributed by atoms with Crippen molar-refractivity contribution in [2.45, 2.75) is 0 Å². The van der Waals surface area contributed by atoms with Gasteiger partial charge in [-0.15, -0.1) is 0 Å². The first-order valence-electron chi connectivity index (χ1n) is 2.58. The van der Waals surface area contributed by atoms with Gasteiger partial charge in [0.15, 0.2) is 0 Å². The second kappa shape index (κ2) is 2.72. The number of hydrogen-bond donors (Lipinski definition) is 0. The van der Waals surface area contributed by atoms with Crippen LogP contribution in [0.3, 0.4) is 0 Å². The Hall–Kier alpha value is -1.35. The van der Waals surface area contributed by atoms with E-state index in [-0.39, 0.29) is 16.0 Å². The number of nitriles is 1. The minimum Gasteiger partial charge on any atom is -0.258 e. The van der Waals surface area contributed by atoms with Gasteiger partial charge in [0.05, 0.1) is 16.6 Å². The molecule has 1 heterocycles. The molecular formula is C5HBN2O2S. The highest BCUT2D eigenvalue weighted by molar-refractivity contribution is 7.14. The van der Waals surface area contributed by atoms with Gasteiger partial charge in [0.25, 0.3) is 0 Å². The maximum Gasteiger partial charge on any atom is 0.318 e. The molecule has 1 rings (SSSR count). The monoisotopic (exact) mass is 164 g/mol. The molecule has 11 heavy (non-hydrogen) atoms. The Morgan fingerprint density at radius 1 is 1.82 bits per heavy atom. The zero-order valence-electron chi connectivity index (χ0n) is 5.27. The van der Waals surface area contributed by atoms with Crippen molar-refractivity contribution in [3.05, 3.63) is 21.1 Å². The molecule has 4 nitrogen and oxygen atoms in total. The van der Waals surface area contributed by atoms with Gasteiger partial charge in [-0.05, 0) is 0 Å². The van der Waals surface area contributed by atoms with Crippen molar-refractivity contribution in [1.29, 1.82) is 5.26 Å². The molecule has 52 valence electrons. The van der Waals surface area contributed by atoms with Crippen molar-refractivity contribution in [2.24, 2.45) is 0 Å². The fourth-order valence-electron chi connectivity index (χ4n) is 0.585. The Morgan fingerprint density at radius 2 is 2.45 bits per heavy atom. The second-order valence-electron chi connectivity index (χ2n) is 1.74. The third kappa shape index (κ3) is 1.23. The summed E-state index contributed by atoms with van der Waals surface area (Å²) in [6.45, 7) is 0. The minimum absolute atomic E-state index is 0.0394. The van der Waals surface area contributed by atoms with Gasteiger partial charge in [-0.2, -0.15) is 5.26 Å². The Balaban J connectivity index is 3.24. The van der Waals surface area contributed by atoms with Gasteiger partial charge in [0, 0.05) is 10.8 Å². The largest absolute Gasteiger partial charge is 0.318 e. The third-order valence-electron chi connectivity index (χ3n) is 1.10. The highest BCUT2D eigenvalue weighted by Gasteiger charge is 2.15. The molecule has 1 aromatic heterocycles. The molecule has 0 aliphatic heterocycles. The van der Waals surface area contributed by atoms with Crippen LogP contribution in [-0.2, 0) is 0 Å². The lowest BCUT2D eigenvalue weighted by Gasteiger charge is -1.85. The predicted octanol–water partition coefficient (Wildman–Crippen LogP) is 0.322. The lowest BCUT2D eigenvalue weighted by atomic mass is 9.95. The molecule has 0 amide bonds. The molecule has 0 fully saturated rings. The summed E-state index contributed by atoms with van der Waals surface area (Å²) in [5, 5.41) is 19.7. The van der Waals surface area contributed by atoms with E-state index in [1.54, 1.807) is 6.07 Å². The van der Waals surface area contributed by atoms with Crippen LogP contribution in [0.15, 0.2) is 5.38 Å². The molecule has 0 aliphatic carbocycles.